The summed E-state index contributed by atoms with van der Waals surface area (Å²) >= 11 is 0. The number of para-hydroxylation sites is 4. The van der Waals surface area contributed by atoms with Crippen LogP contribution in [0.1, 0.15) is 57.9 Å². The van der Waals surface area contributed by atoms with Crippen molar-refractivity contribution in [3.63, 3.8) is 0 Å². The zero-order chi connectivity index (χ0) is 34.8. The molecule has 0 saturated carbocycles. The second-order valence-corrected chi connectivity index (χ2v) is 16.0. The van der Waals surface area contributed by atoms with Crippen molar-refractivity contribution in [2.45, 2.75) is 62.5 Å². The van der Waals surface area contributed by atoms with Crippen LogP contribution in [-0.2, 0) is 0 Å². The van der Waals surface area contributed by atoms with E-state index in [-0.39, 0.29) is 0 Å². The van der Waals surface area contributed by atoms with Gasteiger partial charge >= 0.3 is 0 Å². The number of hydrogen-bond acceptors (Lipinski definition) is 2. The van der Waals surface area contributed by atoms with Gasteiger partial charge in [0.2, 0.25) is 0 Å². The number of anilines is 6. The highest BCUT2D eigenvalue weighted by atomic mass is 32.2. The summed E-state index contributed by atoms with van der Waals surface area (Å²) in [5, 5.41) is 3.32. The predicted octanol–water partition coefficient (Wildman–Crippen LogP) is 14.4. The standard InChI is InChI=1S/C48H50N2S/c1-3-5-18-38(4-2)35-48-36-40(39-27-29-45(30-28-39)49(41-19-10-6-11-20-41)42-21-12-7-13-22-42)37-51(48)47-33-31-46(32-34-47)50(43-23-14-8-15-24-43)44-25-16-9-17-26-44/h6-17,19-34,37-38,48,51H,3-5,18,35-36H2,1-2H3. The summed E-state index contributed by atoms with van der Waals surface area (Å²) in [5.41, 5.74) is 9.91. The average molecular weight is 687 g/mol. The molecule has 0 bridgehead atoms. The van der Waals surface area contributed by atoms with E-state index >= 15 is 0 Å². The van der Waals surface area contributed by atoms with E-state index in [1.165, 1.54) is 82.3 Å². The van der Waals surface area contributed by atoms with E-state index in [1.54, 1.807) is 0 Å². The first-order valence-corrected chi connectivity index (χ1v) is 20.2. The molecule has 0 aromatic heterocycles. The number of nitrogens with zero attached hydrogens (tertiary/aromatic N) is 2. The summed E-state index contributed by atoms with van der Waals surface area (Å²) in [6, 6.07) is 61.6. The fraction of sp³-hybridized carbons (Fsp3) is 0.208. The van der Waals surface area contributed by atoms with Crippen LogP contribution in [0, 0.1) is 5.92 Å². The molecular weight excluding hydrogens is 637 g/mol. The average Bonchev–Trinajstić information content (AvgIpc) is 3.62. The lowest BCUT2D eigenvalue weighted by Gasteiger charge is -2.29. The Labute approximate surface area is 308 Å². The third kappa shape index (κ3) is 8.16. The highest BCUT2D eigenvalue weighted by Crippen LogP contribution is 2.55. The topological polar surface area (TPSA) is 6.48 Å². The fourth-order valence-corrected chi connectivity index (χ4v) is 10.3. The van der Waals surface area contributed by atoms with Crippen LogP contribution in [0.2, 0.25) is 0 Å². The molecule has 0 spiro atoms. The molecule has 0 saturated heterocycles. The maximum atomic E-state index is 2.66. The molecule has 0 N–H and O–H groups in total. The molecule has 7 rings (SSSR count). The van der Waals surface area contributed by atoms with Gasteiger partial charge in [-0.15, -0.1) is 0 Å². The van der Waals surface area contributed by atoms with E-state index in [1.807, 2.05) is 0 Å². The van der Waals surface area contributed by atoms with Gasteiger partial charge in [0.1, 0.15) is 0 Å². The normalized spacial score (nSPS) is 16.7. The number of thiol groups is 1. The minimum atomic E-state index is -0.443. The number of unbranched alkanes of at least 4 members (excludes halogenated alkanes) is 1. The van der Waals surface area contributed by atoms with Crippen LogP contribution in [0.4, 0.5) is 34.1 Å². The van der Waals surface area contributed by atoms with E-state index < -0.39 is 10.9 Å². The Morgan fingerprint density at radius 1 is 0.529 bits per heavy atom. The van der Waals surface area contributed by atoms with Gasteiger partial charge in [-0.25, -0.2) is 10.9 Å². The van der Waals surface area contributed by atoms with Crippen molar-refractivity contribution < 1.29 is 0 Å². The zero-order valence-electron chi connectivity index (χ0n) is 30.0. The van der Waals surface area contributed by atoms with Gasteiger partial charge in [-0.1, -0.05) is 124 Å². The van der Waals surface area contributed by atoms with Crippen LogP contribution in [-0.4, -0.2) is 5.25 Å². The third-order valence-electron chi connectivity index (χ3n) is 10.3. The van der Waals surface area contributed by atoms with Crippen molar-refractivity contribution in [1.82, 2.24) is 0 Å². The Morgan fingerprint density at radius 3 is 1.35 bits per heavy atom. The van der Waals surface area contributed by atoms with Crippen LogP contribution in [0.15, 0.2) is 180 Å². The predicted molar refractivity (Wildman–Crippen MR) is 224 cm³/mol. The Balaban J connectivity index is 1.20. The first kappa shape index (κ1) is 34.5. The lowest BCUT2D eigenvalue weighted by atomic mass is 9.91. The van der Waals surface area contributed by atoms with Gasteiger partial charge < -0.3 is 9.80 Å². The summed E-state index contributed by atoms with van der Waals surface area (Å²) in [5.74, 6) is 0.784. The number of benzene rings is 6. The summed E-state index contributed by atoms with van der Waals surface area (Å²) in [6.45, 7) is 4.72. The molecule has 2 nitrogen and oxygen atoms in total. The number of hydrogen-bond donors (Lipinski definition) is 1. The molecule has 0 aliphatic carbocycles. The molecule has 51 heavy (non-hydrogen) atoms. The minimum Gasteiger partial charge on any atom is -0.311 e. The molecule has 0 radical (unpaired) electrons. The van der Waals surface area contributed by atoms with Crippen molar-refractivity contribution in [3.8, 4) is 0 Å². The van der Waals surface area contributed by atoms with Gasteiger partial charge in [-0.3, -0.25) is 0 Å². The molecule has 1 aliphatic heterocycles. The van der Waals surface area contributed by atoms with Crippen LogP contribution in [0.3, 0.4) is 0 Å². The first-order valence-electron chi connectivity index (χ1n) is 18.7. The van der Waals surface area contributed by atoms with Gasteiger partial charge in [0, 0.05) is 34.1 Å². The van der Waals surface area contributed by atoms with Crippen molar-refractivity contribution in [1.29, 1.82) is 0 Å². The van der Waals surface area contributed by atoms with E-state index in [2.05, 4.69) is 199 Å². The summed E-state index contributed by atoms with van der Waals surface area (Å²) in [6.07, 6.45) is 7.66. The molecule has 3 unspecified atom stereocenters. The summed E-state index contributed by atoms with van der Waals surface area (Å²) in [4.78, 5) is 6.19. The molecule has 6 aromatic rings. The molecule has 3 heteroatoms. The number of allylic oxidation sites excluding steroid dienone is 1. The molecule has 258 valence electrons. The molecule has 1 heterocycles. The lowest BCUT2D eigenvalue weighted by Crippen LogP contribution is -2.12. The highest BCUT2D eigenvalue weighted by molar-refractivity contribution is 8.20. The second-order valence-electron chi connectivity index (χ2n) is 13.6. The van der Waals surface area contributed by atoms with Crippen LogP contribution < -0.4 is 9.80 Å². The van der Waals surface area contributed by atoms with Gasteiger partial charge in [0.25, 0.3) is 0 Å². The lowest BCUT2D eigenvalue weighted by molar-refractivity contribution is 0.417. The summed E-state index contributed by atoms with van der Waals surface area (Å²) < 4.78 is 0. The van der Waals surface area contributed by atoms with Gasteiger partial charge in [0.15, 0.2) is 0 Å². The Bertz CT molecular complexity index is 1880. The van der Waals surface area contributed by atoms with Crippen LogP contribution in [0.5, 0.6) is 0 Å². The quantitative estimate of drug-likeness (QED) is 0.114. The molecule has 6 aromatic carbocycles. The maximum absolute atomic E-state index is 2.66. The van der Waals surface area contributed by atoms with Crippen LogP contribution in [0.25, 0.3) is 5.57 Å². The second kappa shape index (κ2) is 16.8. The Hall–Kier alpha value is -4.99. The molecule has 0 amide bonds. The minimum absolute atomic E-state index is 0.443. The summed E-state index contributed by atoms with van der Waals surface area (Å²) in [7, 11) is -0.443. The SMILES string of the molecule is CCCCC(CC)CC1CC(c2ccc(N(c3ccccc3)c3ccccc3)cc2)=C[SH]1c1ccc(N(c2ccccc2)c2ccccc2)cc1. The largest absolute Gasteiger partial charge is 0.311 e. The molecule has 3 atom stereocenters. The van der Waals surface area contributed by atoms with E-state index in [0.29, 0.717) is 5.25 Å². The number of rotatable bonds is 14. The third-order valence-corrected chi connectivity index (χ3v) is 12.9. The van der Waals surface area contributed by atoms with E-state index in [9.17, 15) is 0 Å². The van der Waals surface area contributed by atoms with Gasteiger partial charge in [0.05, 0.1) is 0 Å². The monoisotopic (exact) mass is 686 g/mol. The van der Waals surface area contributed by atoms with E-state index in [4.69, 9.17) is 0 Å². The van der Waals surface area contributed by atoms with Crippen molar-refractivity contribution in [3.05, 3.63) is 181 Å². The maximum Gasteiger partial charge on any atom is 0.0462 e. The van der Waals surface area contributed by atoms with E-state index in [0.717, 1.165) is 12.3 Å². The van der Waals surface area contributed by atoms with Crippen LogP contribution >= 0.6 is 10.9 Å². The molecular formula is C48H50N2S. The van der Waals surface area contributed by atoms with Gasteiger partial charge in [-0.2, -0.15) is 0 Å². The van der Waals surface area contributed by atoms with Crippen molar-refractivity contribution in [2.75, 3.05) is 9.80 Å². The Kier molecular flexibility index (Phi) is 11.4. The zero-order valence-corrected chi connectivity index (χ0v) is 30.9. The van der Waals surface area contributed by atoms with Gasteiger partial charge in [-0.05, 0) is 130 Å². The van der Waals surface area contributed by atoms with Crippen molar-refractivity contribution >= 4 is 50.6 Å². The van der Waals surface area contributed by atoms with Crippen molar-refractivity contribution in [2.24, 2.45) is 5.92 Å². The Morgan fingerprint density at radius 2 is 0.941 bits per heavy atom. The molecule has 1 aliphatic rings. The first-order chi connectivity index (χ1) is 25.2. The fourth-order valence-electron chi connectivity index (χ4n) is 7.52. The smallest absolute Gasteiger partial charge is 0.0462 e. The molecule has 0 fully saturated rings. The highest BCUT2D eigenvalue weighted by Gasteiger charge is 2.29.